The number of rotatable bonds is 6. The third-order valence-corrected chi connectivity index (χ3v) is 2.35. The molecule has 0 radical (unpaired) electrons. The molecule has 0 heterocycles. The van der Waals surface area contributed by atoms with Gasteiger partial charge in [0.2, 0.25) is 0 Å². The second-order valence-corrected chi connectivity index (χ2v) is 4.74. The highest BCUT2D eigenvalue weighted by molar-refractivity contribution is 5.49. The molecule has 0 aliphatic carbocycles. The number of aliphatic hydroxyl groups is 1. The van der Waals surface area contributed by atoms with E-state index in [4.69, 9.17) is 0 Å². The summed E-state index contributed by atoms with van der Waals surface area (Å²) in [7, 11) is 0. The van der Waals surface area contributed by atoms with E-state index in [1.165, 1.54) is 12.1 Å². The zero-order valence-electron chi connectivity index (χ0n) is 10.6. The monoisotopic (exact) mass is 269 g/mol. The summed E-state index contributed by atoms with van der Waals surface area (Å²) in [4.78, 5) is 20.1. The molecule has 0 aromatic heterocycles. The molecule has 0 fully saturated rings. The summed E-state index contributed by atoms with van der Waals surface area (Å²) in [6, 6.07) is 3.49. The number of benzene rings is 1. The van der Waals surface area contributed by atoms with E-state index in [1.807, 2.05) is 0 Å². The van der Waals surface area contributed by atoms with Crippen LogP contribution in [-0.2, 0) is 6.54 Å². The van der Waals surface area contributed by atoms with Crippen molar-refractivity contribution in [2.75, 3.05) is 6.54 Å². The van der Waals surface area contributed by atoms with Crippen LogP contribution in [0.4, 0.5) is 11.4 Å². The number of nitrogens with one attached hydrogen (secondary N) is 1. The Morgan fingerprint density at radius 1 is 1.26 bits per heavy atom. The fraction of sp³-hybridized carbons (Fsp3) is 0.455. The molecule has 104 valence electrons. The van der Waals surface area contributed by atoms with Crippen LogP contribution in [0.3, 0.4) is 0 Å². The van der Waals surface area contributed by atoms with Gasteiger partial charge in [-0.05, 0) is 19.9 Å². The third-order valence-electron chi connectivity index (χ3n) is 2.35. The van der Waals surface area contributed by atoms with Gasteiger partial charge in [-0.1, -0.05) is 0 Å². The van der Waals surface area contributed by atoms with E-state index in [-0.39, 0.29) is 24.5 Å². The number of non-ortho nitro benzene ring substituents is 1. The van der Waals surface area contributed by atoms with Crippen molar-refractivity contribution in [2.24, 2.45) is 0 Å². The van der Waals surface area contributed by atoms with E-state index >= 15 is 0 Å². The van der Waals surface area contributed by atoms with Crippen molar-refractivity contribution in [2.45, 2.75) is 26.0 Å². The van der Waals surface area contributed by atoms with Crippen LogP contribution < -0.4 is 5.32 Å². The van der Waals surface area contributed by atoms with E-state index in [0.717, 1.165) is 6.07 Å². The molecular weight excluding hydrogens is 254 g/mol. The average Bonchev–Trinajstić information content (AvgIpc) is 2.27. The zero-order valence-corrected chi connectivity index (χ0v) is 10.6. The van der Waals surface area contributed by atoms with Gasteiger partial charge in [-0.3, -0.25) is 20.2 Å². The van der Waals surface area contributed by atoms with Crippen molar-refractivity contribution < 1.29 is 15.0 Å². The molecule has 0 spiro atoms. The van der Waals surface area contributed by atoms with Crippen molar-refractivity contribution >= 4 is 11.4 Å². The Morgan fingerprint density at radius 2 is 1.89 bits per heavy atom. The second-order valence-electron chi connectivity index (χ2n) is 4.74. The lowest BCUT2D eigenvalue weighted by molar-refractivity contribution is -0.394. The van der Waals surface area contributed by atoms with Crippen LogP contribution in [0, 0.1) is 20.2 Å². The maximum absolute atomic E-state index is 10.9. The number of nitro benzene ring substituents is 2. The Balaban J connectivity index is 2.89. The highest BCUT2D eigenvalue weighted by Crippen LogP contribution is 2.24. The molecule has 8 nitrogen and oxygen atoms in total. The normalized spacial score (nSPS) is 11.3. The SMILES string of the molecule is CC(C)(O)CNCc1ccc([N+](=O)[O-])cc1[N+](=O)[O-]. The summed E-state index contributed by atoms with van der Waals surface area (Å²) >= 11 is 0. The first-order valence-electron chi connectivity index (χ1n) is 5.55. The Morgan fingerprint density at radius 3 is 2.37 bits per heavy atom. The third kappa shape index (κ3) is 4.60. The lowest BCUT2D eigenvalue weighted by atomic mass is 10.1. The lowest BCUT2D eigenvalue weighted by Gasteiger charge is -2.17. The van der Waals surface area contributed by atoms with E-state index in [2.05, 4.69) is 5.32 Å². The molecular formula is C11H15N3O5. The van der Waals surface area contributed by atoms with Gasteiger partial charge in [0, 0.05) is 24.7 Å². The van der Waals surface area contributed by atoms with Gasteiger partial charge in [-0.25, -0.2) is 0 Å². The predicted octanol–water partition coefficient (Wildman–Crippen LogP) is 1.36. The minimum atomic E-state index is -0.935. The molecule has 0 atom stereocenters. The fourth-order valence-corrected chi connectivity index (χ4v) is 1.49. The summed E-state index contributed by atoms with van der Waals surface area (Å²) in [5.41, 5.74) is -1.23. The van der Waals surface area contributed by atoms with Crippen LogP contribution in [0.5, 0.6) is 0 Å². The van der Waals surface area contributed by atoms with E-state index in [1.54, 1.807) is 13.8 Å². The molecule has 0 amide bonds. The molecule has 8 heteroatoms. The molecule has 0 aliphatic heterocycles. The van der Waals surface area contributed by atoms with Gasteiger partial charge in [0.15, 0.2) is 0 Å². The Hall–Kier alpha value is -2.06. The molecule has 0 aliphatic rings. The molecule has 2 N–H and O–H groups in total. The van der Waals surface area contributed by atoms with Gasteiger partial charge in [-0.2, -0.15) is 0 Å². The van der Waals surface area contributed by atoms with Gasteiger partial charge >= 0.3 is 0 Å². The fourth-order valence-electron chi connectivity index (χ4n) is 1.49. The zero-order chi connectivity index (χ0) is 14.6. The quantitative estimate of drug-likeness (QED) is 0.594. The summed E-state index contributed by atoms with van der Waals surface area (Å²) in [6.45, 7) is 3.61. The average molecular weight is 269 g/mol. The molecule has 0 saturated carbocycles. The summed E-state index contributed by atoms with van der Waals surface area (Å²) in [6.07, 6.45) is 0. The first kappa shape index (κ1) is 15.0. The standard InChI is InChI=1S/C11H15N3O5/c1-11(2,15)7-12-6-8-3-4-9(13(16)17)5-10(8)14(18)19/h3-5,12,15H,6-7H2,1-2H3. The van der Waals surface area contributed by atoms with Crippen LogP contribution in [0.25, 0.3) is 0 Å². The largest absolute Gasteiger partial charge is 0.389 e. The number of hydrogen-bond acceptors (Lipinski definition) is 6. The van der Waals surface area contributed by atoms with Gasteiger partial charge in [-0.15, -0.1) is 0 Å². The van der Waals surface area contributed by atoms with Crippen molar-refractivity contribution in [1.82, 2.24) is 5.32 Å². The number of nitrogens with zero attached hydrogens (tertiary/aromatic N) is 2. The minimum absolute atomic E-state index is 0.151. The maximum Gasteiger partial charge on any atom is 0.280 e. The van der Waals surface area contributed by atoms with Crippen molar-refractivity contribution in [1.29, 1.82) is 0 Å². The molecule has 19 heavy (non-hydrogen) atoms. The first-order chi connectivity index (χ1) is 8.70. The topological polar surface area (TPSA) is 119 Å². The molecule has 0 unspecified atom stereocenters. The maximum atomic E-state index is 10.9. The van der Waals surface area contributed by atoms with Crippen LogP contribution in [-0.4, -0.2) is 27.1 Å². The second kappa shape index (κ2) is 5.72. The predicted molar refractivity (Wildman–Crippen MR) is 67.8 cm³/mol. The minimum Gasteiger partial charge on any atom is -0.389 e. The Kier molecular flexibility index (Phi) is 4.52. The van der Waals surface area contributed by atoms with Crippen molar-refractivity contribution in [3.63, 3.8) is 0 Å². The molecule has 1 aromatic carbocycles. The number of hydrogen-bond donors (Lipinski definition) is 2. The molecule has 0 saturated heterocycles. The van der Waals surface area contributed by atoms with Gasteiger partial charge in [0.1, 0.15) is 0 Å². The Bertz CT molecular complexity index is 496. The van der Waals surface area contributed by atoms with Gasteiger partial charge in [0.05, 0.1) is 21.5 Å². The van der Waals surface area contributed by atoms with Gasteiger partial charge in [0.25, 0.3) is 11.4 Å². The van der Waals surface area contributed by atoms with Crippen LogP contribution in [0.1, 0.15) is 19.4 Å². The van der Waals surface area contributed by atoms with Crippen LogP contribution in [0.15, 0.2) is 18.2 Å². The molecule has 0 bridgehead atoms. The summed E-state index contributed by atoms with van der Waals surface area (Å²) in [5.74, 6) is 0. The van der Waals surface area contributed by atoms with Gasteiger partial charge < -0.3 is 10.4 Å². The number of nitro groups is 2. The van der Waals surface area contributed by atoms with Crippen molar-refractivity contribution in [3.05, 3.63) is 44.0 Å². The lowest BCUT2D eigenvalue weighted by Crippen LogP contribution is -2.34. The summed E-state index contributed by atoms with van der Waals surface area (Å²) in [5, 5.41) is 33.8. The van der Waals surface area contributed by atoms with Crippen molar-refractivity contribution in [3.8, 4) is 0 Å². The highest BCUT2D eigenvalue weighted by Gasteiger charge is 2.19. The smallest absolute Gasteiger partial charge is 0.280 e. The van der Waals surface area contributed by atoms with E-state index in [9.17, 15) is 25.3 Å². The Labute approximate surface area is 109 Å². The van der Waals surface area contributed by atoms with Crippen LogP contribution >= 0.6 is 0 Å². The van der Waals surface area contributed by atoms with Crippen LogP contribution in [0.2, 0.25) is 0 Å². The summed E-state index contributed by atoms with van der Waals surface area (Å²) < 4.78 is 0. The van der Waals surface area contributed by atoms with E-state index < -0.39 is 15.4 Å². The molecule has 1 aromatic rings. The highest BCUT2D eigenvalue weighted by atomic mass is 16.6. The molecule has 1 rings (SSSR count). The first-order valence-corrected chi connectivity index (χ1v) is 5.55. The van der Waals surface area contributed by atoms with E-state index in [0.29, 0.717) is 5.56 Å².